The molecule has 0 bridgehead atoms. The first-order valence-corrected chi connectivity index (χ1v) is 6.27. The van der Waals surface area contributed by atoms with Crippen LogP contribution >= 0.6 is 0 Å². The molecule has 0 saturated heterocycles. The monoisotopic (exact) mass is 234 g/mol. The van der Waals surface area contributed by atoms with Crippen LogP contribution in [0.3, 0.4) is 0 Å². The number of fused-ring (bicyclic) bond motifs is 1. The van der Waals surface area contributed by atoms with Crippen LogP contribution in [0, 0.1) is 0 Å². The van der Waals surface area contributed by atoms with Gasteiger partial charge in [0.25, 0.3) is 0 Å². The molecule has 0 spiro atoms. The Morgan fingerprint density at radius 3 is 2.94 bits per heavy atom. The molecule has 2 atom stereocenters. The molecule has 0 aliphatic carbocycles. The quantitative estimate of drug-likeness (QED) is 0.839. The molecule has 3 heteroatoms. The van der Waals surface area contributed by atoms with Gasteiger partial charge in [-0.2, -0.15) is 0 Å². The van der Waals surface area contributed by atoms with Gasteiger partial charge >= 0.3 is 0 Å². The van der Waals surface area contributed by atoms with Crippen molar-refractivity contribution in [1.82, 2.24) is 10.2 Å². The summed E-state index contributed by atoms with van der Waals surface area (Å²) in [6.07, 6.45) is 0. The number of ether oxygens (including phenoxy) is 1. The van der Waals surface area contributed by atoms with Gasteiger partial charge in [0, 0.05) is 30.6 Å². The first-order valence-electron chi connectivity index (χ1n) is 6.27. The van der Waals surface area contributed by atoms with Crippen molar-refractivity contribution in [3.8, 4) is 5.75 Å². The molecular formula is C14H22N2O. The Bertz CT molecular complexity index is 365. The maximum Gasteiger partial charge on any atom is 0.122 e. The van der Waals surface area contributed by atoms with Crippen LogP contribution in [0.1, 0.15) is 18.4 Å². The third kappa shape index (κ3) is 2.99. The molecule has 3 nitrogen and oxygen atoms in total. The van der Waals surface area contributed by atoms with Gasteiger partial charge in [-0.3, -0.25) is 0 Å². The zero-order valence-corrected chi connectivity index (χ0v) is 10.9. The molecule has 1 N–H and O–H groups in total. The number of para-hydroxylation sites is 1. The number of likely N-dealkylation sites (N-methyl/N-ethyl adjacent to an activating group) is 1. The number of hydrogen-bond donors (Lipinski definition) is 1. The highest BCUT2D eigenvalue weighted by Crippen LogP contribution is 2.32. The summed E-state index contributed by atoms with van der Waals surface area (Å²) in [7, 11) is 4.22. The Morgan fingerprint density at radius 2 is 2.18 bits per heavy atom. The molecule has 1 heterocycles. The summed E-state index contributed by atoms with van der Waals surface area (Å²) in [5.74, 6) is 1.56. The lowest BCUT2D eigenvalue weighted by atomic mass is 10.0. The zero-order valence-electron chi connectivity index (χ0n) is 10.9. The second kappa shape index (κ2) is 5.52. The average Bonchev–Trinajstić information content (AvgIpc) is 2.72. The molecule has 0 amide bonds. The smallest absolute Gasteiger partial charge is 0.122 e. The molecule has 1 aliphatic heterocycles. The van der Waals surface area contributed by atoms with E-state index in [0.29, 0.717) is 12.0 Å². The van der Waals surface area contributed by atoms with Gasteiger partial charge in [0.2, 0.25) is 0 Å². The molecular weight excluding hydrogens is 212 g/mol. The summed E-state index contributed by atoms with van der Waals surface area (Å²) < 4.78 is 5.67. The minimum absolute atomic E-state index is 0.501. The van der Waals surface area contributed by atoms with Crippen LogP contribution in [-0.4, -0.2) is 44.7 Å². The highest BCUT2D eigenvalue weighted by atomic mass is 16.5. The van der Waals surface area contributed by atoms with E-state index >= 15 is 0 Å². The third-order valence-corrected chi connectivity index (χ3v) is 3.51. The summed E-state index contributed by atoms with van der Waals surface area (Å²) in [4.78, 5) is 2.23. The van der Waals surface area contributed by atoms with Crippen LogP contribution in [0.2, 0.25) is 0 Å². The largest absolute Gasteiger partial charge is 0.493 e. The molecule has 0 saturated carbocycles. The fraction of sp³-hybridized carbons (Fsp3) is 0.571. The van der Waals surface area contributed by atoms with Crippen LogP contribution < -0.4 is 10.1 Å². The van der Waals surface area contributed by atoms with E-state index in [2.05, 4.69) is 49.4 Å². The van der Waals surface area contributed by atoms with Gasteiger partial charge < -0.3 is 15.0 Å². The van der Waals surface area contributed by atoms with Crippen LogP contribution in [0.25, 0.3) is 0 Å². The molecule has 0 fully saturated rings. The van der Waals surface area contributed by atoms with Crippen LogP contribution in [-0.2, 0) is 0 Å². The summed E-state index contributed by atoms with van der Waals surface area (Å²) in [5.41, 5.74) is 1.34. The maximum absolute atomic E-state index is 5.67. The number of rotatable bonds is 5. The summed E-state index contributed by atoms with van der Waals surface area (Å²) in [6, 6.07) is 8.90. The number of hydrogen-bond acceptors (Lipinski definition) is 3. The molecule has 0 aromatic heterocycles. The SMILES string of the molecule is CC(CNCC1COc2ccccc21)N(C)C. The van der Waals surface area contributed by atoms with E-state index < -0.39 is 0 Å². The normalized spacial score (nSPS) is 20.1. The highest BCUT2D eigenvalue weighted by Gasteiger charge is 2.23. The summed E-state index contributed by atoms with van der Waals surface area (Å²) in [6.45, 7) is 5.05. The van der Waals surface area contributed by atoms with Crippen molar-refractivity contribution in [2.45, 2.75) is 18.9 Å². The molecule has 17 heavy (non-hydrogen) atoms. The van der Waals surface area contributed by atoms with Crippen molar-refractivity contribution in [3.05, 3.63) is 29.8 Å². The third-order valence-electron chi connectivity index (χ3n) is 3.51. The van der Waals surface area contributed by atoms with Gasteiger partial charge in [-0.1, -0.05) is 18.2 Å². The Morgan fingerprint density at radius 1 is 1.41 bits per heavy atom. The van der Waals surface area contributed by atoms with E-state index in [9.17, 15) is 0 Å². The average molecular weight is 234 g/mol. The fourth-order valence-corrected chi connectivity index (χ4v) is 2.05. The standard InChI is InChI=1S/C14H22N2O/c1-11(16(2)3)8-15-9-12-10-17-14-7-5-4-6-13(12)14/h4-7,11-12,15H,8-10H2,1-3H3. The zero-order chi connectivity index (χ0) is 12.3. The lowest BCUT2D eigenvalue weighted by Crippen LogP contribution is -2.37. The predicted molar refractivity (Wildman–Crippen MR) is 70.7 cm³/mol. The van der Waals surface area contributed by atoms with E-state index in [0.717, 1.165) is 25.4 Å². The second-order valence-corrected chi connectivity index (χ2v) is 5.02. The Balaban J connectivity index is 1.82. The van der Waals surface area contributed by atoms with E-state index in [4.69, 9.17) is 4.74 Å². The predicted octanol–water partition coefficient (Wildman–Crippen LogP) is 1.70. The molecule has 2 rings (SSSR count). The lowest BCUT2D eigenvalue weighted by molar-refractivity contribution is 0.292. The first kappa shape index (κ1) is 12.4. The molecule has 1 aliphatic rings. The van der Waals surface area contributed by atoms with Crippen molar-refractivity contribution in [2.24, 2.45) is 0 Å². The molecule has 2 unspecified atom stereocenters. The van der Waals surface area contributed by atoms with E-state index in [-0.39, 0.29) is 0 Å². The van der Waals surface area contributed by atoms with Gasteiger partial charge in [-0.05, 0) is 27.1 Å². The highest BCUT2D eigenvalue weighted by molar-refractivity contribution is 5.39. The number of benzene rings is 1. The second-order valence-electron chi connectivity index (χ2n) is 5.02. The van der Waals surface area contributed by atoms with Crippen LogP contribution in [0.4, 0.5) is 0 Å². The minimum atomic E-state index is 0.501. The maximum atomic E-state index is 5.67. The number of nitrogens with one attached hydrogen (secondary N) is 1. The first-order chi connectivity index (χ1) is 8.18. The molecule has 0 radical (unpaired) electrons. The fourth-order valence-electron chi connectivity index (χ4n) is 2.05. The van der Waals surface area contributed by atoms with Gasteiger partial charge in [0.15, 0.2) is 0 Å². The van der Waals surface area contributed by atoms with Gasteiger partial charge in [-0.15, -0.1) is 0 Å². The molecule has 94 valence electrons. The summed E-state index contributed by atoms with van der Waals surface area (Å²) in [5, 5.41) is 3.53. The van der Waals surface area contributed by atoms with Crippen molar-refractivity contribution in [3.63, 3.8) is 0 Å². The number of nitrogens with zero attached hydrogens (tertiary/aromatic N) is 1. The minimum Gasteiger partial charge on any atom is -0.493 e. The van der Waals surface area contributed by atoms with Crippen molar-refractivity contribution in [1.29, 1.82) is 0 Å². The summed E-state index contributed by atoms with van der Waals surface area (Å²) >= 11 is 0. The van der Waals surface area contributed by atoms with Crippen molar-refractivity contribution < 1.29 is 4.74 Å². The topological polar surface area (TPSA) is 24.5 Å². The Hall–Kier alpha value is -1.06. The van der Waals surface area contributed by atoms with Gasteiger partial charge in [-0.25, -0.2) is 0 Å². The van der Waals surface area contributed by atoms with Crippen molar-refractivity contribution in [2.75, 3.05) is 33.8 Å². The lowest BCUT2D eigenvalue weighted by Gasteiger charge is -2.21. The van der Waals surface area contributed by atoms with Gasteiger partial charge in [0.1, 0.15) is 5.75 Å². The van der Waals surface area contributed by atoms with E-state index in [1.54, 1.807) is 0 Å². The van der Waals surface area contributed by atoms with Crippen LogP contribution in [0.15, 0.2) is 24.3 Å². The van der Waals surface area contributed by atoms with E-state index in [1.807, 2.05) is 6.07 Å². The Kier molecular flexibility index (Phi) is 4.02. The van der Waals surface area contributed by atoms with Crippen molar-refractivity contribution >= 4 is 0 Å². The van der Waals surface area contributed by atoms with E-state index in [1.165, 1.54) is 5.56 Å². The molecule has 1 aromatic rings. The Labute approximate surface area is 104 Å². The molecule has 1 aromatic carbocycles. The van der Waals surface area contributed by atoms with Crippen LogP contribution in [0.5, 0.6) is 5.75 Å². The van der Waals surface area contributed by atoms with Gasteiger partial charge in [0.05, 0.1) is 6.61 Å².